The van der Waals surface area contributed by atoms with E-state index < -0.39 is 17.7 Å². The van der Waals surface area contributed by atoms with Gasteiger partial charge in [0, 0.05) is 29.5 Å². The predicted octanol–water partition coefficient (Wildman–Crippen LogP) is 6.78. The highest BCUT2D eigenvalue weighted by Gasteiger charge is 2.47. The molecular weight excluding hydrogens is 511 g/mol. The van der Waals surface area contributed by atoms with Crippen molar-refractivity contribution >= 4 is 52.0 Å². The average Bonchev–Trinajstić information content (AvgIpc) is 3.14. The van der Waals surface area contributed by atoms with Crippen molar-refractivity contribution in [1.29, 1.82) is 0 Å². The Kier molecular flexibility index (Phi) is 7.81. The van der Waals surface area contributed by atoms with Gasteiger partial charge in [0.05, 0.1) is 29.3 Å². The zero-order valence-electron chi connectivity index (χ0n) is 21.1. The van der Waals surface area contributed by atoms with Gasteiger partial charge < -0.3 is 14.7 Å². The number of amides is 1. The topological polar surface area (TPSA) is 70.1 Å². The Hall–Kier alpha value is -3.48. The first-order valence-electron chi connectivity index (χ1n) is 12.0. The summed E-state index contributed by atoms with van der Waals surface area (Å²) in [5, 5.41) is 12.3. The summed E-state index contributed by atoms with van der Waals surface area (Å²) in [6, 6.07) is 16.8. The number of hydrogen-bond acceptors (Lipinski definition) is 5. The number of methoxy groups -OCH3 is 1. The fourth-order valence-electron chi connectivity index (χ4n) is 4.75. The summed E-state index contributed by atoms with van der Waals surface area (Å²) in [5.74, 6) is -1.72. The summed E-state index contributed by atoms with van der Waals surface area (Å²) in [7, 11) is 1.43. The lowest BCUT2D eigenvalue weighted by atomic mass is 9.94. The maximum atomic E-state index is 13.5. The summed E-state index contributed by atoms with van der Waals surface area (Å²) >= 11 is 12.6. The second-order valence-electron chi connectivity index (χ2n) is 8.74. The number of nitrogens with zero attached hydrogens (tertiary/aromatic N) is 2. The van der Waals surface area contributed by atoms with Crippen molar-refractivity contribution in [3.8, 4) is 5.75 Å². The van der Waals surface area contributed by atoms with E-state index in [9.17, 15) is 14.7 Å². The number of halogens is 2. The molecule has 0 aromatic heterocycles. The van der Waals surface area contributed by atoms with Gasteiger partial charge in [0.1, 0.15) is 11.5 Å². The number of aliphatic hydroxyl groups is 1. The molecule has 1 saturated heterocycles. The molecule has 0 aliphatic carbocycles. The van der Waals surface area contributed by atoms with Crippen molar-refractivity contribution in [3.63, 3.8) is 0 Å². The number of anilines is 2. The normalized spacial score (nSPS) is 16.8. The van der Waals surface area contributed by atoms with Gasteiger partial charge in [-0.3, -0.25) is 14.5 Å². The van der Waals surface area contributed by atoms with E-state index in [4.69, 9.17) is 27.9 Å². The van der Waals surface area contributed by atoms with Gasteiger partial charge in [-0.1, -0.05) is 41.4 Å². The molecule has 0 saturated carbocycles. The zero-order valence-corrected chi connectivity index (χ0v) is 22.6. The molecule has 1 amide bonds. The molecule has 8 heteroatoms. The van der Waals surface area contributed by atoms with E-state index in [0.717, 1.165) is 24.3 Å². The SMILES string of the molecule is CCN(CC)c1ccc(C2/C(=C(\O)c3cc(C)cc(Cl)c3OC)C(=O)C(=O)N2c2cccc(Cl)c2)cc1. The van der Waals surface area contributed by atoms with Gasteiger partial charge in [-0.2, -0.15) is 0 Å². The van der Waals surface area contributed by atoms with E-state index in [1.54, 1.807) is 36.4 Å². The minimum atomic E-state index is -0.895. The number of Topliss-reactive ketones (excluding diaryl/α,β-unsaturated/α-hetero) is 1. The summed E-state index contributed by atoms with van der Waals surface area (Å²) in [5.41, 5.74) is 3.06. The Bertz CT molecular complexity index is 1380. The third kappa shape index (κ3) is 4.91. The number of ether oxygens (including phenoxy) is 1. The molecule has 192 valence electrons. The number of aryl methyl sites for hydroxylation is 1. The third-order valence-corrected chi connectivity index (χ3v) is 7.03. The Morgan fingerprint density at radius 3 is 2.30 bits per heavy atom. The molecule has 1 aliphatic heterocycles. The molecule has 1 aliphatic rings. The average molecular weight is 539 g/mol. The minimum Gasteiger partial charge on any atom is -0.507 e. The van der Waals surface area contributed by atoms with Crippen molar-refractivity contribution in [2.75, 3.05) is 30.0 Å². The highest BCUT2D eigenvalue weighted by atomic mass is 35.5. The van der Waals surface area contributed by atoms with E-state index >= 15 is 0 Å². The molecule has 6 nitrogen and oxygen atoms in total. The van der Waals surface area contributed by atoms with Crippen LogP contribution in [0.1, 0.15) is 36.6 Å². The summed E-state index contributed by atoms with van der Waals surface area (Å²) < 4.78 is 5.45. The molecule has 37 heavy (non-hydrogen) atoms. The van der Waals surface area contributed by atoms with E-state index in [-0.39, 0.29) is 27.7 Å². The second-order valence-corrected chi connectivity index (χ2v) is 9.58. The van der Waals surface area contributed by atoms with Crippen LogP contribution in [0.4, 0.5) is 11.4 Å². The molecule has 1 fully saturated rings. The van der Waals surface area contributed by atoms with Gasteiger partial charge in [0.25, 0.3) is 11.7 Å². The van der Waals surface area contributed by atoms with Gasteiger partial charge >= 0.3 is 0 Å². The van der Waals surface area contributed by atoms with Crippen molar-refractivity contribution in [2.45, 2.75) is 26.8 Å². The Morgan fingerprint density at radius 1 is 1.03 bits per heavy atom. The van der Waals surface area contributed by atoms with Gasteiger partial charge in [-0.25, -0.2) is 0 Å². The van der Waals surface area contributed by atoms with Crippen molar-refractivity contribution in [1.82, 2.24) is 0 Å². The highest BCUT2D eigenvalue weighted by molar-refractivity contribution is 6.52. The number of aliphatic hydroxyl groups excluding tert-OH is 1. The second kappa shape index (κ2) is 10.9. The quantitative estimate of drug-likeness (QED) is 0.204. The standard InChI is InChI=1S/C29H28Cl2N2O4/c1-5-32(6-2)20-12-10-18(11-13-20)25-24(26(34)22-14-17(3)15-23(31)28(22)37-4)27(35)29(36)33(25)21-9-7-8-19(30)16-21/h7-16,25,34H,5-6H2,1-4H3/b26-24+. The van der Waals surface area contributed by atoms with Crippen molar-refractivity contribution in [3.05, 3.63) is 93.0 Å². The van der Waals surface area contributed by atoms with Crippen LogP contribution in [0, 0.1) is 6.92 Å². The fraction of sp³-hybridized carbons (Fsp3) is 0.241. The minimum absolute atomic E-state index is 0.0551. The van der Waals surface area contributed by atoms with E-state index in [1.165, 1.54) is 12.0 Å². The van der Waals surface area contributed by atoms with Crippen LogP contribution in [0.25, 0.3) is 5.76 Å². The lowest BCUT2D eigenvalue weighted by molar-refractivity contribution is -0.132. The first-order valence-corrected chi connectivity index (χ1v) is 12.7. The molecular formula is C29H28Cl2N2O4. The summed E-state index contributed by atoms with van der Waals surface area (Å²) in [6.07, 6.45) is 0. The van der Waals surface area contributed by atoms with Crippen LogP contribution >= 0.6 is 23.2 Å². The van der Waals surface area contributed by atoms with Gasteiger partial charge in [0.15, 0.2) is 0 Å². The third-order valence-electron chi connectivity index (χ3n) is 6.52. The lowest BCUT2D eigenvalue weighted by Crippen LogP contribution is -2.29. The first-order chi connectivity index (χ1) is 17.7. The number of hydrogen-bond donors (Lipinski definition) is 1. The monoisotopic (exact) mass is 538 g/mol. The number of carbonyl (C=O) groups excluding carboxylic acids is 2. The maximum Gasteiger partial charge on any atom is 0.300 e. The number of carbonyl (C=O) groups is 2. The number of ketones is 1. The molecule has 1 N–H and O–H groups in total. The van der Waals surface area contributed by atoms with Crippen LogP contribution in [0.2, 0.25) is 10.0 Å². The molecule has 4 rings (SSSR count). The van der Waals surface area contributed by atoms with Gasteiger partial charge in [-0.05, 0) is 74.4 Å². The predicted molar refractivity (Wildman–Crippen MR) is 149 cm³/mol. The molecule has 0 spiro atoms. The maximum absolute atomic E-state index is 13.5. The van der Waals surface area contributed by atoms with Crippen LogP contribution < -0.4 is 14.5 Å². The van der Waals surface area contributed by atoms with E-state index in [2.05, 4.69) is 18.7 Å². The fourth-order valence-corrected chi connectivity index (χ4v) is 5.29. The van der Waals surface area contributed by atoms with Crippen molar-refractivity contribution in [2.24, 2.45) is 0 Å². The largest absolute Gasteiger partial charge is 0.507 e. The highest BCUT2D eigenvalue weighted by Crippen LogP contribution is 2.45. The molecule has 0 radical (unpaired) electrons. The first kappa shape index (κ1) is 26.6. The molecule has 3 aromatic rings. The number of benzene rings is 3. The van der Waals surface area contributed by atoms with Gasteiger partial charge in [0.2, 0.25) is 0 Å². The van der Waals surface area contributed by atoms with Gasteiger partial charge in [-0.15, -0.1) is 0 Å². The summed E-state index contributed by atoms with van der Waals surface area (Å²) in [6.45, 7) is 7.64. The molecule has 3 aromatic carbocycles. The number of rotatable bonds is 7. The Labute approximate surface area is 226 Å². The lowest BCUT2D eigenvalue weighted by Gasteiger charge is -2.27. The molecule has 1 unspecified atom stereocenters. The van der Waals surface area contributed by atoms with Crippen LogP contribution in [0.15, 0.2) is 66.2 Å². The van der Waals surface area contributed by atoms with Crippen molar-refractivity contribution < 1.29 is 19.4 Å². The molecule has 1 heterocycles. The van der Waals surface area contributed by atoms with Crippen LogP contribution in [-0.4, -0.2) is 37.0 Å². The van der Waals surface area contributed by atoms with E-state index in [0.29, 0.717) is 16.3 Å². The Morgan fingerprint density at radius 2 is 1.70 bits per heavy atom. The van der Waals surface area contributed by atoms with Crippen LogP contribution in [0.3, 0.4) is 0 Å². The molecule has 1 atom stereocenters. The van der Waals surface area contributed by atoms with E-state index in [1.807, 2.05) is 31.2 Å². The Balaban J connectivity index is 1.97. The summed E-state index contributed by atoms with van der Waals surface area (Å²) in [4.78, 5) is 30.5. The van der Waals surface area contributed by atoms with Crippen LogP contribution in [-0.2, 0) is 9.59 Å². The smallest absolute Gasteiger partial charge is 0.300 e. The van der Waals surface area contributed by atoms with Crippen LogP contribution in [0.5, 0.6) is 5.75 Å². The molecule has 0 bridgehead atoms. The zero-order chi connectivity index (χ0) is 26.9.